The predicted molar refractivity (Wildman–Crippen MR) is 122 cm³/mol. The molecule has 0 saturated carbocycles. The standard InChI is InChI=1S/C19H24N2O2S.2C2HF3O2/c1-2-8-20-16(3-1)12-22-13-17-4-5-18-19(23-17)6-9-21(18)11-15-7-10-24-14-15;2*3-2(4,5)1(6)7/h1-3,7-8,10,14,17-19H,4-6,9,11-13H2;2*(H,6,7)/t17-,18+,19+;;/m1../s1. The average Bonchev–Trinajstić information content (AvgIpc) is 3.50. The van der Waals surface area contributed by atoms with E-state index in [2.05, 4.69) is 26.7 Å². The van der Waals surface area contributed by atoms with Gasteiger partial charge in [-0.15, -0.1) is 0 Å². The fourth-order valence-electron chi connectivity index (χ4n) is 3.80. The van der Waals surface area contributed by atoms with E-state index in [4.69, 9.17) is 29.3 Å². The van der Waals surface area contributed by atoms with Gasteiger partial charge < -0.3 is 19.7 Å². The van der Waals surface area contributed by atoms with Crippen molar-refractivity contribution < 1.29 is 55.6 Å². The third kappa shape index (κ3) is 10.9. The lowest BCUT2D eigenvalue weighted by Gasteiger charge is -2.36. The molecule has 2 aromatic heterocycles. The van der Waals surface area contributed by atoms with E-state index in [0.29, 0.717) is 25.4 Å². The van der Waals surface area contributed by atoms with Crippen LogP contribution in [0.1, 0.15) is 30.5 Å². The fraction of sp³-hybridized carbons (Fsp3) is 0.522. The maximum absolute atomic E-state index is 10.6. The Kier molecular flexibility index (Phi) is 11.9. The van der Waals surface area contributed by atoms with Crippen LogP contribution in [0.15, 0.2) is 41.2 Å². The van der Waals surface area contributed by atoms with E-state index >= 15 is 0 Å². The SMILES string of the molecule is O=C(O)C(F)(F)F.O=C(O)C(F)(F)F.c1ccc(COC[C@H]2CC[C@H]3[C@H](CCN3Cc3ccsc3)O2)nc1. The van der Waals surface area contributed by atoms with Crippen LogP contribution < -0.4 is 0 Å². The van der Waals surface area contributed by atoms with Crippen molar-refractivity contribution in [3.05, 3.63) is 52.5 Å². The van der Waals surface area contributed by atoms with Crippen LogP contribution in [-0.4, -0.2) is 75.8 Å². The quantitative estimate of drug-likeness (QED) is 0.478. The minimum absolute atomic E-state index is 0.232. The van der Waals surface area contributed by atoms with E-state index in [1.54, 1.807) is 17.5 Å². The second kappa shape index (κ2) is 14.4. The number of hydrogen-bond acceptors (Lipinski definition) is 7. The van der Waals surface area contributed by atoms with E-state index in [1.807, 2.05) is 18.2 Å². The minimum Gasteiger partial charge on any atom is -0.475 e. The number of carbonyl (C=O) groups is 2. The Labute approximate surface area is 217 Å². The Balaban J connectivity index is 0.000000301. The highest BCUT2D eigenvalue weighted by molar-refractivity contribution is 7.07. The molecule has 212 valence electrons. The maximum Gasteiger partial charge on any atom is 0.490 e. The molecule has 3 atom stereocenters. The van der Waals surface area contributed by atoms with Crippen molar-refractivity contribution in [2.45, 2.75) is 63.0 Å². The van der Waals surface area contributed by atoms with Crippen molar-refractivity contribution in [1.82, 2.24) is 9.88 Å². The summed E-state index contributed by atoms with van der Waals surface area (Å²) in [5, 5.41) is 18.7. The number of rotatable bonds is 6. The van der Waals surface area contributed by atoms with Gasteiger partial charge in [-0.3, -0.25) is 9.88 Å². The van der Waals surface area contributed by atoms with Gasteiger partial charge in [0.25, 0.3) is 0 Å². The Morgan fingerprint density at radius 1 is 1.05 bits per heavy atom. The molecule has 4 rings (SSSR count). The van der Waals surface area contributed by atoms with Gasteiger partial charge in [-0.2, -0.15) is 37.7 Å². The van der Waals surface area contributed by atoms with Gasteiger partial charge in [-0.25, -0.2) is 9.59 Å². The van der Waals surface area contributed by atoms with Crippen LogP contribution in [0, 0.1) is 0 Å². The number of nitrogens with zero attached hydrogens (tertiary/aromatic N) is 2. The minimum atomic E-state index is -5.08. The molecular weight excluding hydrogens is 546 g/mol. The first-order valence-electron chi connectivity index (χ1n) is 11.3. The number of ether oxygens (including phenoxy) is 2. The number of thiophene rings is 1. The second-order valence-corrected chi connectivity index (χ2v) is 9.05. The smallest absolute Gasteiger partial charge is 0.475 e. The lowest BCUT2D eigenvalue weighted by Crippen LogP contribution is -2.43. The lowest BCUT2D eigenvalue weighted by molar-refractivity contribution is -0.193. The van der Waals surface area contributed by atoms with Crippen molar-refractivity contribution in [1.29, 1.82) is 0 Å². The summed E-state index contributed by atoms with van der Waals surface area (Å²) in [5.41, 5.74) is 2.41. The topological polar surface area (TPSA) is 109 Å². The summed E-state index contributed by atoms with van der Waals surface area (Å²) >= 11 is 1.78. The number of likely N-dealkylation sites (tertiary alicyclic amines) is 1. The van der Waals surface area contributed by atoms with Crippen LogP contribution in [0.2, 0.25) is 0 Å². The molecule has 0 spiro atoms. The van der Waals surface area contributed by atoms with E-state index in [-0.39, 0.29) is 6.10 Å². The zero-order valence-corrected chi connectivity index (χ0v) is 20.6. The van der Waals surface area contributed by atoms with E-state index in [1.165, 1.54) is 12.0 Å². The Morgan fingerprint density at radius 2 is 1.71 bits per heavy atom. The van der Waals surface area contributed by atoms with E-state index in [0.717, 1.165) is 31.6 Å². The molecule has 0 aliphatic carbocycles. The first-order valence-corrected chi connectivity index (χ1v) is 12.2. The van der Waals surface area contributed by atoms with Crippen LogP contribution in [0.5, 0.6) is 0 Å². The molecule has 2 N–H and O–H groups in total. The Morgan fingerprint density at radius 3 is 2.24 bits per heavy atom. The molecule has 2 fully saturated rings. The van der Waals surface area contributed by atoms with Crippen LogP contribution in [0.25, 0.3) is 0 Å². The molecule has 2 aromatic rings. The summed E-state index contributed by atoms with van der Waals surface area (Å²) in [6, 6.07) is 8.73. The molecule has 15 heteroatoms. The maximum atomic E-state index is 10.6. The number of carboxylic acids is 2. The largest absolute Gasteiger partial charge is 0.490 e. The second-order valence-electron chi connectivity index (χ2n) is 8.27. The summed E-state index contributed by atoms with van der Waals surface area (Å²) in [5.74, 6) is -5.51. The summed E-state index contributed by atoms with van der Waals surface area (Å²) in [7, 11) is 0. The van der Waals surface area contributed by atoms with Crippen molar-refractivity contribution in [2.24, 2.45) is 0 Å². The normalized spacial score (nSPS) is 21.4. The van der Waals surface area contributed by atoms with Crippen LogP contribution in [0.4, 0.5) is 26.3 Å². The fourth-order valence-corrected chi connectivity index (χ4v) is 4.46. The van der Waals surface area contributed by atoms with Crippen molar-refractivity contribution in [2.75, 3.05) is 13.2 Å². The first kappa shape index (κ1) is 31.5. The molecule has 2 aliphatic heterocycles. The molecule has 4 heterocycles. The predicted octanol–water partition coefficient (Wildman–Crippen LogP) is 4.75. The highest BCUT2D eigenvalue weighted by Gasteiger charge is 2.40. The van der Waals surface area contributed by atoms with Crippen molar-refractivity contribution >= 4 is 23.3 Å². The zero-order valence-electron chi connectivity index (χ0n) is 19.8. The summed E-state index contributed by atoms with van der Waals surface area (Å²) in [6.07, 6.45) is -4.31. The third-order valence-corrected chi connectivity index (χ3v) is 6.21. The van der Waals surface area contributed by atoms with Gasteiger partial charge in [-0.1, -0.05) is 6.07 Å². The van der Waals surface area contributed by atoms with E-state index < -0.39 is 24.3 Å². The number of fused-ring (bicyclic) bond motifs is 1. The van der Waals surface area contributed by atoms with Gasteiger partial charge in [0.1, 0.15) is 0 Å². The number of aromatic nitrogens is 1. The number of aliphatic carboxylic acids is 2. The monoisotopic (exact) mass is 572 g/mol. The number of carboxylic acid groups (broad SMARTS) is 2. The number of pyridine rings is 1. The van der Waals surface area contributed by atoms with Gasteiger partial charge in [0, 0.05) is 25.3 Å². The van der Waals surface area contributed by atoms with Gasteiger partial charge in [0.15, 0.2) is 0 Å². The highest BCUT2D eigenvalue weighted by atomic mass is 32.1. The number of alkyl halides is 6. The van der Waals surface area contributed by atoms with Crippen LogP contribution in [0.3, 0.4) is 0 Å². The number of halogens is 6. The zero-order chi connectivity index (χ0) is 28.3. The molecule has 0 radical (unpaired) electrons. The van der Waals surface area contributed by atoms with Crippen molar-refractivity contribution in [3.63, 3.8) is 0 Å². The Hall–Kier alpha value is -2.75. The molecule has 0 unspecified atom stereocenters. The summed E-state index contributed by atoms with van der Waals surface area (Å²) < 4.78 is 75.6. The third-order valence-electron chi connectivity index (χ3n) is 5.48. The molecule has 0 bridgehead atoms. The van der Waals surface area contributed by atoms with Gasteiger partial charge in [-0.05, 0) is 53.8 Å². The van der Waals surface area contributed by atoms with Gasteiger partial charge in [0.2, 0.25) is 0 Å². The van der Waals surface area contributed by atoms with Gasteiger partial charge in [0.05, 0.1) is 31.1 Å². The summed E-state index contributed by atoms with van der Waals surface area (Å²) in [4.78, 5) is 24.7. The molecule has 2 aliphatic rings. The van der Waals surface area contributed by atoms with Crippen LogP contribution in [-0.2, 0) is 32.2 Å². The number of hydrogen-bond donors (Lipinski definition) is 2. The van der Waals surface area contributed by atoms with Crippen LogP contribution >= 0.6 is 11.3 Å². The molecular formula is C23H26F6N2O6S. The molecule has 2 saturated heterocycles. The van der Waals surface area contributed by atoms with Crippen molar-refractivity contribution in [3.8, 4) is 0 Å². The Bertz CT molecular complexity index is 967. The summed E-state index contributed by atoms with van der Waals surface area (Å²) in [6.45, 7) is 3.45. The van der Waals surface area contributed by atoms with Gasteiger partial charge >= 0.3 is 24.3 Å². The highest BCUT2D eigenvalue weighted by Crippen LogP contribution is 2.32. The molecule has 0 aromatic carbocycles. The average molecular weight is 573 g/mol. The lowest BCUT2D eigenvalue weighted by atomic mass is 9.99. The van der Waals surface area contributed by atoms with E-state index in [9.17, 15) is 26.3 Å². The molecule has 8 nitrogen and oxygen atoms in total. The molecule has 0 amide bonds. The molecule has 38 heavy (non-hydrogen) atoms. The first-order chi connectivity index (χ1) is 17.8.